The standard InChI is InChI=1S/C10H13N5O4/c1-5-4-15(10(18)13-9(5)17)8-2-6(16)7(19-8)3-12-14-11/h4,6-8,16H,2-3H2,1H3,(H,13,17,18)/t6-,7+,8+/m0/s1. The van der Waals surface area contributed by atoms with Gasteiger partial charge in [-0.1, -0.05) is 5.11 Å². The average molecular weight is 267 g/mol. The predicted molar refractivity (Wildman–Crippen MR) is 64.6 cm³/mol. The summed E-state index contributed by atoms with van der Waals surface area (Å²) in [5.41, 5.74) is 7.55. The molecule has 1 fully saturated rings. The zero-order valence-corrected chi connectivity index (χ0v) is 10.2. The molecule has 102 valence electrons. The Kier molecular flexibility index (Phi) is 3.70. The van der Waals surface area contributed by atoms with Gasteiger partial charge in [-0.3, -0.25) is 14.3 Å². The molecule has 0 unspecified atom stereocenters. The summed E-state index contributed by atoms with van der Waals surface area (Å²) in [6.07, 6.45) is -0.586. The highest BCUT2D eigenvalue weighted by atomic mass is 16.5. The Morgan fingerprint density at radius 3 is 3.11 bits per heavy atom. The van der Waals surface area contributed by atoms with Crippen LogP contribution in [0.2, 0.25) is 0 Å². The summed E-state index contributed by atoms with van der Waals surface area (Å²) in [6.45, 7) is 1.56. The van der Waals surface area contributed by atoms with Gasteiger partial charge in [-0.15, -0.1) is 0 Å². The highest BCUT2D eigenvalue weighted by molar-refractivity contribution is 5.02. The number of ether oxygens (including phenoxy) is 1. The predicted octanol–water partition coefficient (Wildman–Crippen LogP) is -0.196. The molecule has 0 amide bonds. The van der Waals surface area contributed by atoms with Crippen LogP contribution in [0.5, 0.6) is 0 Å². The third kappa shape index (κ3) is 2.68. The second-order valence-corrected chi connectivity index (χ2v) is 4.32. The molecule has 2 N–H and O–H groups in total. The molecule has 0 saturated carbocycles. The third-order valence-electron chi connectivity index (χ3n) is 2.99. The molecule has 1 aromatic heterocycles. The van der Waals surface area contributed by atoms with Crippen LogP contribution in [0.3, 0.4) is 0 Å². The van der Waals surface area contributed by atoms with E-state index in [-0.39, 0.29) is 13.0 Å². The summed E-state index contributed by atoms with van der Waals surface area (Å²) < 4.78 is 6.68. The molecule has 1 saturated heterocycles. The van der Waals surface area contributed by atoms with Gasteiger partial charge in [0, 0.05) is 23.1 Å². The first-order valence-corrected chi connectivity index (χ1v) is 5.69. The van der Waals surface area contributed by atoms with Crippen molar-refractivity contribution in [1.29, 1.82) is 0 Å². The van der Waals surface area contributed by atoms with E-state index in [1.807, 2.05) is 0 Å². The lowest BCUT2D eigenvalue weighted by atomic mass is 10.2. The van der Waals surface area contributed by atoms with E-state index in [9.17, 15) is 14.7 Å². The molecule has 2 heterocycles. The van der Waals surface area contributed by atoms with E-state index in [0.29, 0.717) is 5.56 Å². The van der Waals surface area contributed by atoms with E-state index < -0.39 is 29.7 Å². The zero-order valence-electron chi connectivity index (χ0n) is 10.2. The molecule has 9 heteroatoms. The first-order chi connectivity index (χ1) is 9.02. The van der Waals surface area contributed by atoms with E-state index in [0.717, 1.165) is 0 Å². The van der Waals surface area contributed by atoms with Gasteiger partial charge in [0.2, 0.25) is 0 Å². The van der Waals surface area contributed by atoms with Gasteiger partial charge in [0.05, 0.1) is 18.8 Å². The molecule has 1 aliphatic heterocycles. The molecule has 0 aliphatic carbocycles. The fourth-order valence-corrected chi connectivity index (χ4v) is 1.97. The van der Waals surface area contributed by atoms with E-state index in [1.165, 1.54) is 10.8 Å². The van der Waals surface area contributed by atoms with Gasteiger partial charge in [0.15, 0.2) is 0 Å². The third-order valence-corrected chi connectivity index (χ3v) is 2.99. The molecule has 1 aromatic rings. The lowest BCUT2D eigenvalue weighted by Crippen LogP contribution is -2.33. The Morgan fingerprint density at radius 2 is 2.42 bits per heavy atom. The van der Waals surface area contributed by atoms with Crippen molar-refractivity contribution in [3.63, 3.8) is 0 Å². The molecule has 0 aromatic carbocycles. The van der Waals surface area contributed by atoms with Crippen LogP contribution < -0.4 is 11.2 Å². The van der Waals surface area contributed by atoms with Crippen molar-refractivity contribution in [2.24, 2.45) is 5.11 Å². The van der Waals surface area contributed by atoms with Crippen molar-refractivity contribution in [2.45, 2.75) is 31.8 Å². The van der Waals surface area contributed by atoms with E-state index >= 15 is 0 Å². The van der Waals surface area contributed by atoms with Crippen LogP contribution in [0, 0.1) is 6.92 Å². The maximum absolute atomic E-state index is 11.7. The lowest BCUT2D eigenvalue weighted by molar-refractivity contribution is -0.0151. The number of aryl methyl sites for hydroxylation is 1. The Hall–Kier alpha value is -2.09. The van der Waals surface area contributed by atoms with Crippen LogP contribution in [0.15, 0.2) is 20.9 Å². The number of hydrogen-bond donors (Lipinski definition) is 2. The quantitative estimate of drug-likeness (QED) is 0.445. The SMILES string of the molecule is Cc1cn([C@H]2C[C@H](O)[C@@H](CN=[N+]=[N-])O2)c(=O)[nH]c1=O. The molecule has 1 aliphatic rings. The molecule has 19 heavy (non-hydrogen) atoms. The summed E-state index contributed by atoms with van der Waals surface area (Å²) in [4.78, 5) is 27.7. The van der Waals surface area contributed by atoms with Gasteiger partial charge in [0.1, 0.15) is 6.23 Å². The van der Waals surface area contributed by atoms with Crippen molar-refractivity contribution in [1.82, 2.24) is 9.55 Å². The van der Waals surface area contributed by atoms with Crippen LogP contribution >= 0.6 is 0 Å². The van der Waals surface area contributed by atoms with Crippen molar-refractivity contribution in [3.8, 4) is 0 Å². The van der Waals surface area contributed by atoms with E-state index in [2.05, 4.69) is 15.0 Å². The van der Waals surface area contributed by atoms with Crippen molar-refractivity contribution >= 4 is 0 Å². The number of aromatic nitrogens is 2. The number of aromatic amines is 1. The number of nitrogens with zero attached hydrogens (tertiary/aromatic N) is 4. The van der Waals surface area contributed by atoms with Gasteiger partial charge in [-0.05, 0) is 12.5 Å². The highest BCUT2D eigenvalue weighted by Gasteiger charge is 2.34. The molecular weight excluding hydrogens is 254 g/mol. The molecule has 0 radical (unpaired) electrons. The highest BCUT2D eigenvalue weighted by Crippen LogP contribution is 2.27. The first kappa shape index (κ1) is 13.3. The smallest absolute Gasteiger partial charge is 0.330 e. The lowest BCUT2D eigenvalue weighted by Gasteiger charge is -2.14. The number of aliphatic hydroxyl groups is 1. The van der Waals surface area contributed by atoms with E-state index in [1.54, 1.807) is 6.92 Å². The summed E-state index contributed by atoms with van der Waals surface area (Å²) in [5, 5.41) is 13.1. The summed E-state index contributed by atoms with van der Waals surface area (Å²) in [6, 6.07) is 0. The van der Waals surface area contributed by atoms with Gasteiger partial charge >= 0.3 is 5.69 Å². The van der Waals surface area contributed by atoms with Gasteiger partial charge < -0.3 is 9.84 Å². The Labute approximate surface area is 107 Å². The van der Waals surface area contributed by atoms with E-state index in [4.69, 9.17) is 10.3 Å². The minimum absolute atomic E-state index is 0.00868. The maximum atomic E-state index is 11.7. The first-order valence-electron chi connectivity index (χ1n) is 5.69. The van der Waals surface area contributed by atoms with Crippen LogP contribution in [0.25, 0.3) is 10.4 Å². The molecule has 2 rings (SSSR count). The van der Waals surface area contributed by atoms with Crippen molar-refractivity contribution < 1.29 is 9.84 Å². The van der Waals surface area contributed by atoms with Gasteiger partial charge in [-0.25, -0.2) is 4.79 Å². The Balaban J connectivity index is 2.25. The topological polar surface area (TPSA) is 133 Å². The number of rotatable bonds is 3. The van der Waals surface area contributed by atoms with Crippen molar-refractivity contribution in [3.05, 3.63) is 43.0 Å². The average Bonchev–Trinajstić information content (AvgIpc) is 2.72. The molecule has 0 bridgehead atoms. The normalized spacial score (nSPS) is 26.1. The summed E-state index contributed by atoms with van der Waals surface area (Å²) >= 11 is 0. The monoisotopic (exact) mass is 267 g/mol. The number of azide groups is 1. The zero-order chi connectivity index (χ0) is 14.0. The fourth-order valence-electron chi connectivity index (χ4n) is 1.97. The van der Waals surface area contributed by atoms with Gasteiger partial charge in [0.25, 0.3) is 5.56 Å². The van der Waals surface area contributed by atoms with Crippen LogP contribution in [-0.2, 0) is 4.74 Å². The Morgan fingerprint density at radius 1 is 1.68 bits per heavy atom. The van der Waals surface area contributed by atoms with Crippen LogP contribution in [-0.4, -0.2) is 33.4 Å². The Bertz CT molecular complexity index is 630. The number of nitrogens with one attached hydrogen (secondary N) is 1. The van der Waals surface area contributed by atoms with Gasteiger partial charge in [-0.2, -0.15) is 0 Å². The summed E-state index contributed by atoms with van der Waals surface area (Å²) in [5.74, 6) is 0. The fraction of sp³-hybridized carbons (Fsp3) is 0.600. The molecule has 9 nitrogen and oxygen atoms in total. The number of hydrogen-bond acceptors (Lipinski definition) is 5. The second-order valence-electron chi connectivity index (χ2n) is 4.32. The summed E-state index contributed by atoms with van der Waals surface area (Å²) in [7, 11) is 0. The number of H-pyrrole nitrogens is 1. The molecule has 0 spiro atoms. The minimum atomic E-state index is -0.824. The van der Waals surface area contributed by atoms with Crippen LogP contribution in [0.4, 0.5) is 0 Å². The maximum Gasteiger partial charge on any atom is 0.330 e. The van der Waals surface area contributed by atoms with Crippen molar-refractivity contribution in [2.75, 3.05) is 6.54 Å². The minimum Gasteiger partial charge on any atom is -0.390 e. The largest absolute Gasteiger partial charge is 0.390 e. The second kappa shape index (κ2) is 5.27. The molecular formula is C10H13N5O4. The molecule has 3 atom stereocenters. The van der Waals surface area contributed by atoms with Crippen LogP contribution in [0.1, 0.15) is 18.2 Å². The number of aliphatic hydroxyl groups excluding tert-OH is 1.